The molecule has 2 rings (SSSR count). The zero-order valence-electron chi connectivity index (χ0n) is 7.58. The summed E-state index contributed by atoms with van der Waals surface area (Å²) in [6.07, 6.45) is 0. The summed E-state index contributed by atoms with van der Waals surface area (Å²) >= 11 is 0. The van der Waals surface area contributed by atoms with E-state index in [4.69, 9.17) is 15.2 Å². The number of ether oxygens (including phenoxy) is 2. The fourth-order valence-electron chi connectivity index (χ4n) is 2.05. The molecule has 2 heterocycles. The lowest BCUT2D eigenvalue weighted by Crippen LogP contribution is -2.65. The molecular weight excluding hydrogens is 172 g/mol. The van der Waals surface area contributed by atoms with Crippen LogP contribution in [0.25, 0.3) is 0 Å². The normalized spacial score (nSPS) is 35.8. The van der Waals surface area contributed by atoms with Gasteiger partial charge in [0.25, 0.3) is 0 Å². The van der Waals surface area contributed by atoms with Crippen LogP contribution in [0.4, 0.5) is 0 Å². The van der Waals surface area contributed by atoms with Gasteiger partial charge in [0, 0.05) is 19.1 Å². The minimum absolute atomic E-state index is 0.227. The summed E-state index contributed by atoms with van der Waals surface area (Å²) in [6, 6.07) is -0.227. The Morgan fingerprint density at radius 1 is 1.69 bits per heavy atom. The zero-order valence-corrected chi connectivity index (χ0v) is 7.58. The first kappa shape index (κ1) is 8.93. The Kier molecular flexibility index (Phi) is 2.02. The summed E-state index contributed by atoms with van der Waals surface area (Å²) < 4.78 is 10.2. The number of hydrogen-bond acceptors (Lipinski definition) is 5. The second-order valence-corrected chi connectivity index (χ2v) is 3.64. The topological polar surface area (TPSA) is 73.6 Å². The summed E-state index contributed by atoms with van der Waals surface area (Å²) in [4.78, 5) is 11.4. The van der Waals surface area contributed by atoms with Crippen molar-refractivity contribution in [2.24, 2.45) is 11.7 Å². The second kappa shape index (κ2) is 2.94. The molecular formula is C8H14N2O3. The van der Waals surface area contributed by atoms with Gasteiger partial charge in [-0.3, -0.25) is 4.79 Å². The van der Waals surface area contributed by atoms with E-state index in [2.05, 4.69) is 5.32 Å². The van der Waals surface area contributed by atoms with E-state index in [1.807, 2.05) is 0 Å². The maximum Gasteiger partial charge on any atom is 0.313 e. The van der Waals surface area contributed by atoms with Gasteiger partial charge in [-0.05, 0) is 0 Å². The highest BCUT2D eigenvalue weighted by Gasteiger charge is 2.56. The quantitative estimate of drug-likeness (QED) is 0.486. The van der Waals surface area contributed by atoms with Crippen molar-refractivity contribution in [3.63, 3.8) is 0 Å². The van der Waals surface area contributed by atoms with E-state index >= 15 is 0 Å². The van der Waals surface area contributed by atoms with Crippen LogP contribution < -0.4 is 11.1 Å². The van der Waals surface area contributed by atoms with Crippen molar-refractivity contribution < 1.29 is 14.3 Å². The first-order valence-electron chi connectivity index (χ1n) is 4.38. The molecule has 0 aromatic heterocycles. The predicted molar refractivity (Wildman–Crippen MR) is 45.0 cm³/mol. The lowest BCUT2D eigenvalue weighted by molar-refractivity contribution is -0.155. The fraction of sp³-hybridized carbons (Fsp3) is 0.875. The van der Waals surface area contributed by atoms with Crippen LogP contribution in [0.1, 0.15) is 0 Å². The van der Waals surface area contributed by atoms with Crippen LogP contribution in [-0.4, -0.2) is 44.4 Å². The van der Waals surface area contributed by atoms with Gasteiger partial charge in [0.2, 0.25) is 0 Å². The molecule has 3 N–H and O–H groups in total. The number of rotatable bonds is 1. The van der Waals surface area contributed by atoms with Gasteiger partial charge < -0.3 is 20.5 Å². The summed E-state index contributed by atoms with van der Waals surface area (Å²) in [5.74, 6) is -0.565. The van der Waals surface area contributed by atoms with Gasteiger partial charge in [-0.25, -0.2) is 0 Å². The van der Waals surface area contributed by atoms with Crippen molar-refractivity contribution in [1.82, 2.24) is 5.32 Å². The highest BCUT2D eigenvalue weighted by atomic mass is 16.5. The van der Waals surface area contributed by atoms with Gasteiger partial charge in [0.1, 0.15) is 11.5 Å². The van der Waals surface area contributed by atoms with Crippen molar-refractivity contribution in [1.29, 1.82) is 0 Å². The highest BCUT2D eigenvalue weighted by molar-refractivity contribution is 5.75. The fourth-order valence-corrected chi connectivity index (χ4v) is 2.05. The second-order valence-electron chi connectivity index (χ2n) is 3.64. The Bertz CT molecular complexity index is 227. The number of methoxy groups -OCH3 is 1. The number of esters is 1. The Hall–Kier alpha value is -0.650. The predicted octanol–water partition coefficient (Wildman–Crippen LogP) is -1.52. The molecule has 0 aromatic carbocycles. The smallest absolute Gasteiger partial charge is 0.313 e. The molecule has 0 aromatic rings. The van der Waals surface area contributed by atoms with E-state index in [0.717, 1.165) is 0 Å². The van der Waals surface area contributed by atoms with Crippen LogP contribution in [0.2, 0.25) is 0 Å². The van der Waals surface area contributed by atoms with E-state index in [-0.39, 0.29) is 23.5 Å². The third-order valence-electron chi connectivity index (χ3n) is 2.86. The Balaban J connectivity index is 2.16. The van der Waals surface area contributed by atoms with Crippen molar-refractivity contribution in [3.8, 4) is 0 Å². The monoisotopic (exact) mass is 186 g/mol. The molecule has 5 nitrogen and oxygen atoms in total. The molecule has 1 spiro atoms. The minimum atomic E-state index is -0.382. The first-order chi connectivity index (χ1) is 6.19. The van der Waals surface area contributed by atoms with Gasteiger partial charge in [-0.15, -0.1) is 0 Å². The Labute approximate surface area is 76.6 Å². The van der Waals surface area contributed by atoms with Crippen molar-refractivity contribution in [2.75, 3.05) is 26.8 Å². The number of carbonyl (C=O) groups excluding carboxylic acids is 1. The molecule has 2 unspecified atom stereocenters. The van der Waals surface area contributed by atoms with E-state index in [0.29, 0.717) is 19.7 Å². The molecule has 0 bridgehead atoms. The average Bonchev–Trinajstić information content (AvgIpc) is 2.41. The van der Waals surface area contributed by atoms with Gasteiger partial charge in [0.15, 0.2) is 0 Å². The maximum atomic E-state index is 11.4. The van der Waals surface area contributed by atoms with E-state index in [1.54, 1.807) is 0 Å². The van der Waals surface area contributed by atoms with Crippen molar-refractivity contribution in [3.05, 3.63) is 0 Å². The average molecular weight is 186 g/mol. The van der Waals surface area contributed by atoms with Gasteiger partial charge in [-0.2, -0.15) is 0 Å². The molecule has 2 saturated heterocycles. The Morgan fingerprint density at radius 2 is 2.38 bits per heavy atom. The molecule has 74 valence electrons. The molecule has 2 fully saturated rings. The molecule has 0 saturated carbocycles. The minimum Gasteiger partial charge on any atom is -0.469 e. The molecule has 13 heavy (non-hydrogen) atoms. The lowest BCUT2D eigenvalue weighted by Gasteiger charge is -2.41. The zero-order chi connectivity index (χ0) is 9.47. The van der Waals surface area contributed by atoms with Gasteiger partial charge >= 0.3 is 5.97 Å². The van der Waals surface area contributed by atoms with Crippen LogP contribution in [-0.2, 0) is 14.3 Å². The molecule has 0 radical (unpaired) electrons. The van der Waals surface area contributed by atoms with Crippen LogP contribution in [0.15, 0.2) is 0 Å². The molecule has 5 heteroatoms. The van der Waals surface area contributed by atoms with Crippen LogP contribution in [0.5, 0.6) is 0 Å². The number of hydrogen-bond donors (Lipinski definition) is 2. The van der Waals surface area contributed by atoms with Crippen LogP contribution in [0, 0.1) is 5.92 Å². The first-order valence-corrected chi connectivity index (χ1v) is 4.38. The summed E-state index contributed by atoms with van der Waals surface area (Å²) in [5.41, 5.74) is 5.40. The highest BCUT2D eigenvalue weighted by Crippen LogP contribution is 2.35. The standard InChI is InChI=1S/C8H14N2O3/c1-12-7(11)6-5(9)2-13-8(6)3-10-4-8/h5-6,10H,2-4,9H2,1H3. The summed E-state index contributed by atoms with van der Waals surface area (Å²) in [5, 5.41) is 3.09. The molecule has 2 aliphatic heterocycles. The molecule has 0 amide bonds. The maximum absolute atomic E-state index is 11.4. The Morgan fingerprint density at radius 3 is 2.85 bits per heavy atom. The van der Waals surface area contributed by atoms with Crippen LogP contribution in [0.3, 0.4) is 0 Å². The molecule has 2 aliphatic rings. The van der Waals surface area contributed by atoms with Gasteiger partial charge in [0.05, 0.1) is 13.7 Å². The van der Waals surface area contributed by atoms with Crippen molar-refractivity contribution in [2.45, 2.75) is 11.6 Å². The number of nitrogens with two attached hydrogens (primary N) is 1. The van der Waals surface area contributed by atoms with Gasteiger partial charge in [-0.1, -0.05) is 0 Å². The summed E-state index contributed by atoms with van der Waals surface area (Å²) in [7, 11) is 1.38. The third kappa shape index (κ3) is 1.15. The number of nitrogens with one attached hydrogen (secondary N) is 1. The lowest BCUT2D eigenvalue weighted by atomic mass is 9.80. The van der Waals surface area contributed by atoms with E-state index < -0.39 is 0 Å². The van der Waals surface area contributed by atoms with Crippen molar-refractivity contribution >= 4 is 5.97 Å². The molecule has 2 atom stereocenters. The SMILES string of the molecule is COC(=O)C1C(N)COC12CNC2. The van der Waals surface area contributed by atoms with Crippen LogP contribution >= 0.6 is 0 Å². The summed E-state index contributed by atoms with van der Waals surface area (Å²) in [6.45, 7) is 1.84. The molecule has 0 aliphatic carbocycles. The van der Waals surface area contributed by atoms with E-state index in [1.165, 1.54) is 7.11 Å². The van der Waals surface area contributed by atoms with E-state index in [9.17, 15) is 4.79 Å². The third-order valence-corrected chi connectivity index (χ3v) is 2.86. The largest absolute Gasteiger partial charge is 0.469 e. The number of carbonyl (C=O) groups is 1.